The van der Waals surface area contributed by atoms with Gasteiger partial charge in [-0.05, 0) is 41.1 Å². The minimum absolute atomic E-state index is 0.264. The molecule has 2 aromatic carbocycles. The van der Waals surface area contributed by atoms with Crippen molar-refractivity contribution in [2.45, 2.75) is 17.9 Å². The lowest BCUT2D eigenvalue weighted by Gasteiger charge is -2.13. The van der Waals surface area contributed by atoms with Gasteiger partial charge < -0.3 is 5.73 Å². The molecule has 0 bridgehead atoms. The molecule has 1 nitrogen and oxygen atoms in total. The van der Waals surface area contributed by atoms with E-state index in [0.717, 1.165) is 4.90 Å². The van der Waals surface area contributed by atoms with E-state index >= 15 is 0 Å². The van der Waals surface area contributed by atoms with E-state index in [0.29, 0.717) is 15.8 Å². The fourth-order valence-electron chi connectivity index (χ4n) is 1.79. The maximum atomic E-state index is 13.9. The Balaban J connectivity index is 2.05. The molecule has 2 rings (SSSR count). The molecule has 0 aliphatic heterocycles. The summed E-state index contributed by atoms with van der Waals surface area (Å²) in [6, 6.07) is 13.1. The van der Waals surface area contributed by atoms with Gasteiger partial charge in [0.25, 0.3) is 0 Å². The third-order valence-electron chi connectivity index (χ3n) is 2.80. The summed E-state index contributed by atoms with van der Waals surface area (Å²) >= 11 is 4.83. The van der Waals surface area contributed by atoms with Gasteiger partial charge in [0.2, 0.25) is 0 Å². The number of nitrogens with two attached hydrogens (primary N) is 1. The largest absolute Gasteiger partial charge is 0.323 e. The van der Waals surface area contributed by atoms with Crippen molar-refractivity contribution in [2.24, 2.45) is 5.73 Å². The number of hydrogen-bond donors (Lipinski definition) is 1. The van der Waals surface area contributed by atoms with Crippen molar-refractivity contribution in [2.75, 3.05) is 5.75 Å². The van der Waals surface area contributed by atoms with Crippen LogP contribution in [-0.2, 0) is 0 Å². The SMILES string of the molecule is Cc1cccc(SCC(N)c2cccc(Br)c2F)c1. The van der Waals surface area contributed by atoms with E-state index in [1.807, 2.05) is 12.1 Å². The summed E-state index contributed by atoms with van der Waals surface area (Å²) in [6.45, 7) is 2.05. The van der Waals surface area contributed by atoms with Crippen molar-refractivity contribution >= 4 is 27.7 Å². The van der Waals surface area contributed by atoms with Gasteiger partial charge >= 0.3 is 0 Å². The van der Waals surface area contributed by atoms with Crippen molar-refractivity contribution in [1.29, 1.82) is 0 Å². The first-order chi connectivity index (χ1) is 9.08. The lowest BCUT2D eigenvalue weighted by Crippen LogP contribution is -2.14. The summed E-state index contributed by atoms with van der Waals surface area (Å²) in [5, 5.41) is 0. The van der Waals surface area contributed by atoms with Crippen LogP contribution in [0.3, 0.4) is 0 Å². The average Bonchev–Trinajstić information content (AvgIpc) is 2.39. The highest BCUT2D eigenvalue weighted by atomic mass is 79.9. The first-order valence-electron chi connectivity index (χ1n) is 5.97. The van der Waals surface area contributed by atoms with E-state index in [4.69, 9.17) is 5.73 Å². The van der Waals surface area contributed by atoms with Crippen molar-refractivity contribution < 1.29 is 4.39 Å². The van der Waals surface area contributed by atoms with Crippen LogP contribution in [0, 0.1) is 12.7 Å². The zero-order valence-corrected chi connectivity index (χ0v) is 13.0. The molecule has 0 spiro atoms. The molecule has 2 aromatic rings. The van der Waals surface area contributed by atoms with E-state index in [9.17, 15) is 4.39 Å². The average molecular weight is 340 g/mol. The van der Waals surface area contributed by atoms with Gasteiger partial charge in [0.05, 0.1) is 4.47 Å². The molecule has 100 valence electrons. The van der Waals surface area contributed by atoms with Gasteiger partial charge in [-0.15, -0.1) is 11.8 Å². The highest BCUT2D eigenvalue weighted by molar-refractivity contribution is 9.10. The number of rotatable bonds is 4. The van der Waals surface area contributed by atoms with Crippen LogP contribution < -0.4 is 5.73 Å². The Morgan fingerprint density at radius 1 is 1.26 bits per heavy atom. The van der Waals surface area contributed by atoms with Crippen molar-refractivity contribution in [3.63, 3.8) is 0 Å². The Hall–Kier alpha value is -0.840. The molecule has 4 heteroatoms. The Morgan fingerprint density at radius 3 is 2.74 bits per heavy atom. The maximum Gasteiger partial charge on any atom is 0.142 e. The second-order valence-electron chi connectivity index (χ2n) is 4.38. The van der Waals surface area contributed by atoms with Gasteiger partial charge in [0.1, 0.15) is 5.82 Å². The minimum Gasteiger partial charge on any atom is -0.323 e. The Labute approximate surface area is 125 Å². The second kappa shape index (κ2) is 6.55. The molecule has 0 heterocycles. The van der Waals surface area contributed by atoms with Crippen LogP contribution in [0.1, 0.15) is 17.2 Å². The molecule has 0 saturated heterocycles. The van der Waals surface area contributed by atoms with Crippen molar-refractivity contribution in [3.05, 3.63) is 63.9 Å². The molecule has 0 fully saturated rings. The van der Waals surface area contributed by atoms with E-state index in [1.165, 1.54) is 5.56 Å². The summed E-state index contributed by atoms with van der Waals surface area (Å²) < 4.78 is 14.4. The molecule has 0 aliphatic carbocycles. The molecule has 1 unspecified atom stereocenters. The van der Waals surface area contributed by atoms with Crippen LogP contribution in [0.2, 0.25) is 0 Å². The fourth-order valence-corrected chi connectivity index (χ4v) is 3.16. The minimum atomic E-state index is -0.317. The second-order valence-corrected chi connectivity index (χ2v) is 6.32. The van der Waals surface area contributed by atoms with Gasteiger partial charge in [-0.3, -0.25) is 0 Å². The predicted octanol–water partition coefficient (Wildman–Crippen LogP) is 4.69. The number of aryl methyl sites for hydroxylation is 1. The number of halogens is 2. The van der Waals surface area contributed by atoms with E-state index < -0.39 is 0 Å². The van der Waals surface area contributed by atoms with E-state index in [1.54, 1.807) is 30.0 Å². The molecule has 0 radical (unpaired) electrons. The van der Waals surface area contributed by atoms with Crippen LogP contribution in [-0.4, -0.2) is 5.75 Å². The number of benzene rings is 2. The van der Waals surface area contributed by atoms with Gasteiger partial charge in [-0.2, -0.15) is 0 Å². The third kappa shape index (κ3) is 3.81. The highest BCUT2D eigenvalue weighted by Crippen LogP contribution is 2.27. The Morgan fingerprint density at radius 2 is 2.00 bits per heavy atom. The lowest BCUT2D eigenvalue weighted by molar-refractivity contribution is 0.589. The molecular formula is C15H15BrFNS. The van der Waals surface area contributed by atoms with Crippen LogP contribution >= 0.6 is 27.7 Å². The molecule has 0 amide bonds. The van der Waals surface area contributed by atoms with Gasteiger partial charge in [-0.25, -0.2) is 4.39 Å². The Bertz CT molecular complexity index is 574. The van der Waals surface area contributed by atoms with E-state index in [-0.39, 0.29) is 11.9 Å². The summed E-state index contributed by atoms with van der Waals surface area (Å²) in [5.41, 5.74) is 7.83. The van der Waals surface area contributed by atoms with Crippen LogP contribution in [0.5, 0.6) is 0 Å². The van der Waals surface area contributed by atoms with Crippen LogP contribution in [0.15, 0.2) is 51.8 Å². The van der Waals surface area contributed by atoms with Gasteiger partial charge in [0, 0.05) is 22.3 Å². The van der Waals surface area contributed by atoms with Crippen molar-refractivity contribution in [3.8, 4) is 0 Å². The summed E-state index contributed by atoms with van der Waals surface area (Å²) in [7, 11) is 0. The van der Waals surface area contributed by atoms with Crippen LogP contribution in [0.4, 0.5) is 4.39 Å². The molecule has 0 saturated carbocycles. The predicted molar refractivity (Wildman–Crippen MR) is 82.9 cm³/mol. The fraction of sp³-hybridized carbons (Fsp3) is 0.200. The summed E-state index contributed by atoms with van der Waals surface area (Å²) in [4.78, 5) is 1.16. The van der Waals surface area contributed by atoms with Crippen molar-refractivity contribution in [1.82, 2.24) is 0 Å². The molecule has 0 aliphatic rings. The normalized spacial score (nSPS) is 12.4. The van der Waals surface area contributed by atoms with Gasteiger partial charge in [-0.1, -0.05) is 29.8 Å². The summed E-state index contributed by atoms with van der Waals surface area (Å²) in [6.07, 6.45) is 0. The van der Waals surface area contributed by atoms with Gasteiger partial charge in [0.15, 0.2) is 0 Å². The monoisotopic (exact) mass is 339 g/mol. The standard InChI is InChI=1S/C15H15BrFNS/c1-10-4-2-5-11(8-10)19-9-14(18)12-6-3-7-13(16)15(12)17/h2-8,14H,9,18H2,1H3. The molecule has 0 aromatic heterocycles. The highest BCUT2D eigenvalue weighted by Gasteiger charge is 2.13. The van der Waals surface area contributed by atoms with Crippen LogP contribution in [0.25, 0.3) is 0 Å². The number of thioether (sulfide) groups is 1. The molecular weight excluding hydrogens is 325 g/mol. The topological polar surface area (TPSA) is 26.0 Å². The first-order valence-corrected chi connectivity index (χ1v) is 7.75. The zero-order chi connectivity index (χ0) is 13.8. The molecule has 1 atom stereocenters. The smallest absolute Gasteiger partial charge is 0.142 e. The number of hydrogen-bond acceptors (Lipinski definition) is 2. The summed E-state index contributed by atoms with van der Waals surface area (Å²) in [5.74, 6) is 0.386. The maximum absolute atomic E-state index is 13.9. The first kappa shape index (κ1) is 14.6. The Kier molecular flexibility index (Phi) is 5.02. The molecule has 2 N–H and O–H groups in total. The molecule has 19 heavy (non-hydrogen) atoms. The third-order valence-corrected chi connectivity index (χ3v) is 4.53. The quantitative estimate of drug-likeness (QED) is 0.817. The lowest BCUT2D eigenvalue weighted by atomic mass is 10.1. The zero-order valence-electron chi connectivity index (χ0n) is 10.6. The van der Waals surface area contributed by atoms with E-state index in [2.05, 4.69) is 35.0 Å².